The van der Waals surface area contributed by atoms with E-state index in [9.17, 15) is 9.18 Å². The maximum atomic E-state index is 13.2. The maximum Gasteiger partial charge on any atom is 0.254 e. The van der Waals surface area contributed by atoms with Crippen LogP contribution in [-0.4, -0.2) is 46.4 Å². The number of nitrogens with zero attached hydrogens (tertiary/aromatic N) is 3. The van der Waals surface area contributed by atoms with Gasteiger partial charge in [0.05, 0.1) is 0 Å². The lowest BCUT2D eigenvalue weighted by atomic mass is 10.0. The van der Waals surface area contributed by atoms with Gasteiger partial charge in [0.1, 0.15) is 5.82 Å². The van der Waals surface area contributed by atoms with Gasteiger partial charge >= 0.3 is 0 Å². The van der Waals surface area contributed by atoms with Gasteiger partial charge in [-0.25, -0.2) is 4.39 Å². The number of rotatable bonds is 4. The molecule has 1 saturated heterocycles. The summed E-state index contributed by atoms with van der Waals surface area (Å²) in [5, 5.41) is 0. The van der Waals surface area contributed by atoms with Gasteiger partial charge in [0.2, 0.25) is 0 Å². The molecule has 1 aromatic carbocycles. The molecule has 2 heterocycles. The molecule has 0 saturated carbocycles. The van der Waals surface area contributed by atoms with Crippen molar-refractivity contribution in [3.63, 3.8) is 0 Å². The van der Waals surface area contributed by atoms with Crippen molar-refractivity contribution in [1.82, 2.24) is 14.8 Å². The summed E-state index contributed by atoms with van der Waals surface area (Å²) < 4.78 is 13.2. The van der Waals surface area contributed by atoms with E-state index < -0.39 is 0 Å². The van der Waals surface area contributed by atoms with Gasteiger partial charge in [-0.05, 0) is 42.2 Å². The van der Waals surface area contributed by atoms with Crippen LogP contribution in [0.2, 0.25) is 0 Å². The van der Waals surface area contributed by atoms with E-state index in [1.807, 2.05) is 17.0 Å². The van der Waals surface area contributed by atoms with Crippen LogP contribution in [0.1, 0.15) is 36.2 Å². The zero-order valence-electron chi connectivity index (χ0n) is 15.4. The molecule has 0 bridgehead atoms. The highest BCUT2D eigenvalue weighted by molar-refractivity contribution is 5.94. The molecule has 0 spiro atoms. The Bertz CT molecular complexity index is 718. The van der Waals surface area contributed by atoms with Gasteiger partial charge in [0.15, 0.2) is 0 Å². The molecular formula is C21H26FN3O. The molecule has 138 valence electrons. The van der Waals surface area contributed by atoms with E-state index in [1.54, 1.807) is 24.5 Å². The van der Waals surface area contributed by atoms with Gasteiger partial charge in [-0.3, -0.25) is 14.7 Å². The minimum Gasteiger partial charge on any atom is -0.337 e. The highest BCUT2D eigenvalue weighted by atomic mass is 19.1. The topological polar surface area (TPSA) is 36.4 Å². The molecule has 26 heavy (non-hydrogen) atoms. The summed E-state index contributed by atoms with van der Waals surface area (Å²) >= 11 is 0. The van der Waals surface area contributed by atoms with Crippen molar-refractivity contribution in [1.29, 1.82) is 0 Å². The number of benzene rings is 1. The van der Waals surface area contributed by atoms with E-state index in [1.165, 1.54) is 12.1 Å². The van der Waals surface area contributed by atoms with E-state index in [0.29, 0.717) is 18.0 Å². The van der Waals surface area contributed by atoms with E-state index in [2.05, 4.69) is 23.7 Å². The molecule has 1 amide bonds. The Hall–Kier alpha value is -2.27. The zero-order valence-corrected chi connectivity index (χ0v) is 15.4. The molecular weight excluding hydrogens is 329 g/mol. The summed E-state index contributed by atoms with van der Waals surface area (Å²) in [6.07, 6.45) is 4.25. The highest BCUT2D eigenvalue weighted by Crippen LogP contribution is 2.21. The second-order valence-corrected chi connectivity index (χ2v) is 7.25. The Labute approximate surface area is 154 Å². The molecule has 1 aliphatic rings. The molecule has 1 atom stereocenters. The number of hydrogen-bond acceptors (Lipinski definition) is 3. The molecule has 2 aromatic rings. The van der Waals surface area contributed by atoms with Gasteiger partial charge in [0.25, 0.3) is 5.91 Å². The number of carbonyl (C=O) groups excluding carboxylic acids is 1. The van der Waals surface area contributed by atoms with E-state index in [4.69, 9.17) is 0 Å². The van der Waals surface area contributed by atoms with Gasteiger partial charge in [-0.1, -0.05) is 26.0 Å². The smallest absolute Gasteiger partial charge is 0.254 e. The van der Waals surface area contributed by atoms with E-state index in [-0.39, 0.29) is 17.8 Å². The van der Waals surface area contributed by atoms with Gasteiger partial charge < -0.3 is 4.90 Å². The molecule has 5 heteroatoms. The summed E-state index contributed by atoms with van der Waals surface area (Å²) in [6, 6.07) is 10.5. The third-order valence-corrected chi connectivity index (χ3v) is 5.03. The van der Waals surface area contributed by atoms with Gasteiger partial charge in [-0.15, -0.1) is 0 Å². The Balaban J connectivity index is 1.75. The molecule has 0 radical (unpaired) electrons. The molecule has 4 nitrogen and oxygen atoms in total. The molecule has 3 rings (SSSR count). The first-order valence-electron chi connectivity index (χ1n) is 9.22. The van der Waals surface area contributed by atoms with Crippen LogP contribution in [0.15, 0.2) is 48.8 Å². The first kappa shape index (κ1) is 18.5. The second kappa shape index (κ2) is 8.41. The lowest BCUT2D eigenvalue weighted by molar-refractivity contribution is 0.0702. The molecule has 1 aliphatic heterocycles. The van der Waals surface area contributed by atoms with Crippen LogP contribution in [0, 0.1) is 11.7 Å². The van der Waals surface area contributed by atoms with Crippen molar-refractivity contribution >= 4 is 5.91 Å². The number of carbonyl (C=O) groups is 1. The van der Waals surface area contributed by atoms with Crippen molar-refractivity contribution in [2.24, 2.45) is 5.92 Å². The molecule has 0 aliphatic carbocycles. The Morgan fingerprint density at radius 2 is 1.85 bits per heavy atom. The zero-order chi connectivity index (χ0) is 18.5. The first-order chi connectivity index (χ1) is 12.5. The first-order valence-corrected chi connectivity index (χ1v) is 9.22. The van der Waals surface area contributed by atoms with Crippen LogP contribution >= 0.6 is 0 Å². The van der Waals surface area contributed by atoms with Crippen molar-refractivity contribution in [3.05, 3.63) is 65.7 Å². The summed E-state index contributed by atoms with van der Waals surface area (Å²) in [5.41, 5.74) is 1.79. The Morgan fingerprint density at radius 1 is 1.15 bits per heavy atom. The number of aromatic nitrogens is 1. The highest BCUT2D eigenvalue weighted by Gasteiger charge is 2.29. The normalized spacial score (nSPS) is 18.8. The van der Waals surface area contributed by atoms with Crippen molar-refractivity contribution in [2.75, 3.05) is 19.6 Å². The lowest BCUT2D eigenvalue weighted by Gasteiger charge is -2.34. The minimum atomic E-state index is -0.209. The molecule has 0 N–H and O–H groups in total. The maximum absolute atomic E-state index is 13.2. The predicted octanol–water partition coefficient (Wildman–Crippen LogP) is 3.59. The standard InChI is InChI=1S/C21H26FN3O/c1-16(2)20-15-25(21(26)18-8-10-23-11-9-18)13-3-12-24(20)14-17-4-6-19(22)7-5-17/h4-11,16,20H,3,12-15H2,1-2H3/t20-/m0/s1. The van der Waals surface area contributed by atoms with Crippen molar-refractivity contribution in [2.45, 2.75) is 32.9 Å². The van der Waals surface area contributed by atoms with E-state index >= 15 is 0 Å². The van der Waals surface area contributed by atoms with Gasteiger partial charge in [0, 0.05) is 50.2 Å². The average molecular weight is 355 g/mol. The molecule has 1 fully saturated rings. The summed E-state index contributed by atoms with van der Waals surface area (Å²) in [4.78, 5) is 21.2. The lowest BCUT2D eigenvalue weighted by Crippen LogP contribution is -2.45. The Kier molecular flexibility index (Phi) is 5.99. The number of amides is 1. The average Bonchev–Trinajstić information content (AvgIpc) is 2.86. The van der Waals surface area contributed by atoms with Crippen LogP contribution in [0.5, 0.6) is 0 Å². The third-order valence-electron chi connectivity index (χ3n) is 5.03. The summed E-state index contributed by atoms with van der Waals surface area (Å²) in [5.74, 6) is 0.280. The SMILES string of the molecule is CC(C)[C@@H]1CN(C(=O)c2ccncc2)CCCN1Cc1ccc(F)cc1. The van der Waals surface area contributed by atoms with Crippen molar-refractivity contribution in [3.8, 4) is 0 Å². The van der Waals surface area contributed by atoms with Crippen LogP contribution < -0.4 is 0 Å². The van der Waals surface area contributed by atoms with Crippen LogP contribution in [0.3, 0.4) is 0 Å². The van der Waals surface area contributed by atoms with Crippen LogP contribution in [-0.2, 0) is 6.54 Å². The fraction of sp³-hybridized carbons (Fsp3) is 0.429. The monoisotopic (exact) mass is 355 g/mol. The number of halogens is 1. The van der Waals surface area contributed by atoms with E-state index in [0.717, 1.165) is 31.6 Å². The number of hydrogen-bond donors (Lipinski definition) is 0. The largest absolute Gasteiger partial charge is 0.337 e. The summed E-state index contributed by atoms with van der Waals surface area (Å²) in [7, 11) is 0. The fourth-order valence-corrected chi connectivity index (χ4v) is 3.58. The molecule has 0 unspecified atom stereocenters. The van der Waals surface area contributed by atoms with Gasteiger partial charge in [-0.2, -0.15) is 0 Å². The van der Waals surface area contributed by atoms with Crippen LogP contribution in [0.4, 0.5) is 4.39 Å². The van der Waals surface area contributed by atoms with Crippen LogP contribution in [0.25, 0.3) is 0 Å². The molecule has 1 aromatic heterocycles. The quantitative estimate of drug-likeness (QED) is 0.841. The summed E-state index contributed by atoms with van der Waals surface area (Å²) in [6.45, 7) is 7.57. The fourth-order valence-electron chi connectivity index (χ4n) is 3.58. The minimum absolute atomic E-state index is 0.0710. The third kappa shape index (κ3) is 4.47. The predicted molar refractivity (Wildman–Crippen MR) is 100 cm³/mol. The Morgan fingerprint density at radius 3 is 2.50 bits per heavy atom. The second-order valence-electron chi connectivity index (χ2n) is 7.25. The van der Waals surface area contributed by atoms with Crippen molar-refractivity contribution < 1.29 is 9.18 Å². The number of pyridine rings is 1.